The normalized spacial score (nSPS) is 12.1. The van der Waals surface area contributed by atoms with Crippen LogP contribution in [0.1, 0.15) is 35.8 Å². The summed E-state index contributed by atoms with van der Waals surface area (Å²) in [5, 5.41) is 3.89. The molecular formula is C20H20N2O2. The van der Waals surface area contributed by atoms with Crippen molar-refractivity contribution < 1.29 is 9.59 Å². The van der Waals surface area contributed by atoms with Crippen LogP contribution in [0.3, 0.4) is 0 Å². The molecule has 3 aromatic rings. The topological polar surface area (TPSA) is 51.1 Å². The highest BCUT2D eigenvalue weighted by atomic mass is 16.2. The van der Waals surface area contributed by atoms with E-state index in [9.17, 15) is 9.59 Å². The summed E-state index contributed by atoms with van der Waals surface area (Å²) in [6.07, 6.45) is 1.76. The predicted molar refractivity (Wildman–Crippen MR) is 94.9 cm³/mol. The maximum Gasteiger partial charge on any atom is 0.240 e. The van der Waals surface area contributed by atoms with E-state index in [1.54, 1.807) is 13.1 Å². The van der Waals surface area contributed by atoms with Crippen LogP contribution < -0.4 is 5.32 Å². The molecule has 1 amide bonds. The molecule has 1 N–H and O–H groups in total. The lowest BCUT2D eigenvalue weighted by Gasteiger charge is -2.15. The fourth-order valence-corrected chi connectivity index (χ4v) is 2.93. The highest BCUT2D eigenvalue weighted by Crippen LogP contribution is 2.22. The number of Topliss-reactive ketones (excluding diaryl/α,β-unsaturated/α-hetero) is 1. The molecular weight excluding hydrogens is 300 g/mol. The van der Waals surface area contributed by atoms with E-state index in [1.807, 2.05) is 66.1 Å². The lowest BCUT2D eigenvalue weighted by atomic mass is 10.1. The molecule has 1 unspecified atom stereocenters. The first-order valence-electron chi connectivity index (χ1n) is 7.99. The third kappa shape index (κ3) is 3.23. The van der Waals surface area contributed by atoms with Crippen molar-refractivity contribution in [3.05, 3.63) is 71.9 Å². The lowest BCUT2D eigenvalue weighted by Crippen LogP contribution is -2.29. The molecule has 3 rings (SSSR count). The van der Waals surface area contributed by atoms with Crippen LogP contribution in [0.15, 0.2) is 60.8 Å². The molecule has 0 aliphatic heterocycles. The molecule has 4 nitrogen and oxygen atoms in total. The molecule has 1 aromatic heterocycles. The number of para-hydroxylation sites is 1. The number of nitrogens with one attached hydrogen (secondary N) is 1. The molecule has 24 heavy (non-hydrogen) atoms. The summed E-state index contributed by atoms with van der Waals surface area (Å²) in [4.78, 5) is 24.2. The van der Waals surface area contributed by atoms with Gasteiger partial charge in [0, 0.05) is 22.7 Å². The van der Waals surface area contributed by atoms with Gasteiger partial charge in [-0.1, -0.05) is 48.5 Å². The van der Waals surface area contributed by atoms with E-state index < -0.39 is 0 Å². The van der Waals surface area contributed by atoms with Gasteiger partial charge in [0.15, 0.2) is 5.78 Å². The van der Waals surface area contributed by atoms with Crippen LogP contribution in [0.25, 0.3) is 10.9 Å². The molecule has 1 atom stereocenters. The van der Waals surface area contributed by atoms with Crippen molar-refractivity contribution in [1.82, 2.24) is 9.88 Å². The van der Waals surface area contributed by atoms with Crippen molar-refractivity contribution in [1.29, 1.82) is 0 Å². The predicted octanol–water partition coefficient (Wildman–Crippen LogP) is 3.72. The first-order valence-corrected chi connectivity index (χ1v) is 7.99. The third-order valence-corrected chi connectivity index (χ3v) is 4.16. The van der Waals surface area contributed by atoms with Crippen LogP contribution in [0.4, 0.5) is 0 Å². The Morgan fingerprint density at radius 1 is 1.04 bits per heavy atom. The van der Waals surface area contributed by atoms with E-state index in [4.69, 9.17) is 0 Å². The van der Waals surface area contributed by atoms with E-state index in [1.165, 1.54) is 0 Å². The zero-order valence-corrected chi connectivity index (χ0v) is 13.8. The van der Waals surface area contributed by atoms with E-state index in [-0.39, 0.29) is 24.3 Å². The van der Waals surface area contributed by atoms with Crippen LogP contribution in [0.5, 0.6) is 0 Å². The summed E-state index contributed by atoms with van der Waals surface area (Å²) in [6.45, 7) is 3.69. The van der Waals surface area contributed by atoms with Crippen molar-refractivity contribution in [2.45, 2.75) is 26.4 Å². The summed E-state index contributed by atoms with van der Waals surface area (Å²) in [7, 11) is 0. The number of benzene rings is 2. The van der Waals surface area contributed by atoms with Gasteiger partial charge in [0.1, 0.15) is 6.54 Å². The smallest absolute Gasteiger partial charge is 0.240 e. The lowest BCUT2D eigenvalue weighted by molar-refractivity contribution is -0.122. The summed E-state index contributed by atoms with van der Waals surface area (Å²) in [5.74, 6) is -0.0785. The van der Waals surface area contributed by atoms with Gasteiger partial charge < -0.3 is 9.88 Å². The van der Waals surface area contributed by atoms with Crippen molar-refractivity contribution >= 4 is 22.6 Å². The molecule has 0 bridgehead atoms. The Morgan fingerprint density at radius 3 is 2.42 bits per heavy atom. The molecule has 122 valence electrons. The second-order valence-corrected chi connectivity index (χ2v) is 5.94. The summed E-state index contributed by atoms with van der Waals surface area (Å²) >= 11 is 0. The molecule has 0 saturated carbocycles. The van der Waals surface area contributed by atoms with Crippen molar-refractivity contribution in [2.24, 2.45) is 0 Å². The fourth-order valence-electron chi connectivity index (χ4n) is 2.93. The molecule has 0 saturated heterocycles. The maximum atomic E-state index is 12.4. The number of aromatic nitrogens is 1. The van der Waals surface area contributed by atoms with Gasteiger partial charge in [-0.05, 0) is 25.5 Å². The zero-order valence-electron chi connectivity index (χ0n) is 13.8. The molecule has 0 radical (unpaired) electrons. The Kier molecular flexibility index (Phi) is 4.47. The molecule has 0 fully saturated rings. The Morgan fingerprint density at radius 2 is 1.71 bits per heavy atom. The van der Waals surface area contributed by atoms with Crippen molar-refractivity contribution in [3.63, 3.8) is 0 Å². The molecule has 2 aromatic carbocycles. The third-order valence-electron chi connectivity index (χ3n) is 4.16. The highest BCUT2D eigenvalue weighted by molar-refractivity contribution is 6.07. The monoisotopic (exact) mass is 320 g/mol. The summed E-state index contributed by atoms with van der Waals surface area (Å²) in [5.41, 5.74) is 2.60. The SMILES string of the molecule is CC(=O)c1cn(CC(=O)NC(C)c2ccccc2)c2ccccc12. The van der Waals surface area contributed by atoms with E-state index in [0.717, 1.165) is 16.5 Å². The average Bonchev–Trinajstić information content (AvgIpc) is 2.94. The fraction of sp³-hybridized carbons (Fsp3) is 0.200. The largest absolute Gasteiger partial charge is 0.348 e. The Bertz CT molecular complexity index is 881. The minimum absolute atomic E-state index is 0.00279. The number of hydrogen-bond acceptors (Lipinski definition) is 2. The summed E-state index contributed by atoms with van der Waals surface area (Å²) < 4.78 is 1.83. The van der Waals surface area contributed by atoms with Crippen LogP contribution in [-0.4, -0.2) is 16.3 Å². The van der Waals surface area contributed by atoms with Gasteiger partial charge in [0.05, 0.1) is 6.04 Å². The van der Waals surface area contributed by atoms with E-state index >= 15 is 0 Å². The number of hydrogen-bond donors (Lipinski definition) is 1. The van der Waals surface area contributed by atoms with Gasteiger partial charge in [-0.3, -0.25) is 9.59 Å². The first kappa shape index (κ1) is 16.0. The Hall–Kier alpha value is -2.88. The number of rotatable bonds is 5. The van der Waals surface area contributed by atoms with E-state index in [2.05, 4.69) is 5.32 Å². The molecule has 0 spiro atoms. The molecule has 4 heteroatoms. The second kappa shape index (κ2) is 6.71. The quantitative estimate of drug-likeness (QED) is 0.728. The maximum absolute atomic E-state index is 12.4. The van der Waals surface area contributed by atoms with Gasteiger partial charge >= 0.3 is 0 Å². The number of carbonyl (C=O) groups is 2. The number of nitrogens with zero attached hydrogens (tertiary/aromatic N) is 1. The van der Waals surface area contributed by atoms with Gasteiger partial charge in [0.2, 0.25) is 5.91 Å². The van der Waals surface area contributed by atoms with Gasteiger partial charge in [-0.2, -0.15) is 0 Å². The second-order valence-electron chi connectivity index (χ2n) is 5.94. The van der Waals surface area contributed by atoms with Gasteiger partial charge in [-0.25, -0.2) is 0 Å². The molecule has 1 heterocycles. The minimum Gasteiger partial charge on any atom is -0.348 e. The Labute approximate surface area is 141 Å². The standard InChI is InChI=1S/C20H20N2O2/c1-14(16-8-4-3-5-9-16)21-20(24)13-22-12-18(15(2)23)17-10-6-7-11-19(17)22/h3-12,14H,13H2,1-2H3,(H,21,24). The van der Waals surface area contributed by atoms with Crippen LogP contribution in [0, 0.1) is 0 Å². The first-order chi connectivity index (χ1) is 11.6. The van der Waals surface area contributed by atoms with E-state index in [0.29, 0.717) is 5.56 Å². The highest BCUT2D eigenvalue weighted by Gasteiger charge is 2.15. The van der Waals surface area contributed by atoms with Crippen LogP contribution in [0.2, 0.25) is 0 Å². The van der Waals surface area contributed by atoms with Gasteiger partial charge in [-0.15, -0.1) is 0 Å². The minimum atomic E-state index is -0.0813. The number of amides is 1. The number of fused-ring (bicyclic) bond motifs is 1. The number of ketones is 1. The number of carbonyl (C=O) groups excluding carboxylic acids is 2. The van der Waals surface area contributed by atoms with Crippen molar-refractivity contribution in [2.75, 3.05) is 0 Å². The molecule has 0 aliphatic rings. The van der Waals surface area contributed by atoms with Crippen LogP contribution in [-0.2, 0) is 11.3 Å². The summed E-state index contributed by atoms with van der Waals surface area (Å²) in [6, 6.07) is 17.4. The van der Waals surface area contributed by atoms with Gasteiger partial charge in [0.25, 0.3) is 0 Å². The average molecular weight is 320 g/mol. The Balaban J connectivity index is 1.80. The zero-order chi connectivity index (χ0) is 17.1. The van der Waals surface area contributed by atoms with Crippen LogP contribution >= 0.6 is 0 Å². The molecule has 0 aliphatic carbocycles. The van der Waals surface area contributed by atoms with Crippen molar-refractivity contribution in [3.8, 4) is 0 Å².